The third kappa shape index (κ3) is 10.6. The van der Waals surface area contributed by atoms with Crippen molar-refractivity contribution in [2.45, 2.75) is 38.3 Å². The summed E-state index contributed by atoms with van der Waals surface area (Å²) in [5, 5.41) is 15.0. The molecule has 14 nitrogen and oxygen atoms in total. The summed E-state index contributed by atoms with van der Waals surface area (Å²) in [7, 11) is 0. The van der Waals surface area contributed by atoms with Gasteiger partial charge in [-0.2, -0.15) is 0 Å². The number of nitrogens with one attached hydrogen (secondary N) is 2. The number of ether oxygens (including phenoxy) is 2. The average Bonchev–Trinajstić information content (AvgIpc) is 3.24. The first kappa shape index (κ1) is 41.8. The molecule has 0 bridgehead atoms. The maximum atomic E-state index is 13.5. The van der Waals surface area contributed by atoms with Gasteiger partial charge in [-0.1, -0.05) is 113 Å². The van der Waals surface area contributed by atoms with Crippen LogP contribution >= 0.6 is 34.8 Å². The van der Waals surface area contributed by atoms with Crippen LogP contribution < -0.4 is 20.1 Å². The highest BCUT2D eigenvalue weighted by Crippen LogP contribution is 2.42. The van der Waals surface area contributed by atoms with Crippen LogP contribution in [0.5, 0.6) is 11.5 Å². The van der Waals surface area contributed by atoms with E-state index in [0.717, 1.165) is 5.56 Å². The fraction of sp³-hybridized carbons (Fsp3) is 0.143. The van der Waals surface area contributed by atoms with E-state index in [4.69, 9.17) is 55.3 Å². The Morgan fingerprint density at radius 2 is 1.25 bits per heavy atom. The van der Waals surface area contributed by atoms with Gasteiger partial charge in [0.05, 0.1) is 33.5 Å². The largest absolute Gasteiger partial charge is 0.426 e. The lowest BCUT2D eigenvalue weighted by molar-refractivity contribution is -0.135. The van der Waals surface area contributed by atoms with Gasteiger partial charge in [0.15, 0.2) is 0 Å². The zero-order chi connectivity index (χ0) is 41.7. The Morgan fingerprint density at radius 3 is 1.92 bits per heavy atom. The summed E-state index contributed by atoms with van der Waals surface area (Å²) >= 11 is 20.0. The molecule has 6 rings (SSSR count). The van der Waals surface area contributed by atoms with Gasteiger partial charge in [-0.25, -0.2) is 9.97 Å². The van der Waals surface area contributed by atoms with Crippen molar-refractivity contribution in [3.63, 3.8) is 0 Å². The molecule has 59 heavy (non-hydrogen) atoms. The third-order valence-electron chi connectivity index (χ3n) is 8.88. The van der Waals surface area contributed by atoms with Crippen molar-refractivity contribution in [1.29, 1.82) is 0 Å². The number of carbonyl (C=O) groups excluding carboxylic acids is 2. The Hall–Kier alpha value is -6.79. The molecule has 0 aliphatic carbocycles. The molecule has 2 heterocycles. The normalized spacial score (nSPS) is 11.6. The van der Waals surface area contributed by atoms with Crippen LogP contribution in [0.3, 0.4) is 0 Å². The summed E-state index contributed by atoms with van der Waals surface area (Å²) in [6.45, 7) is 1.68. The lowest BCUT2D eigenvalue weighted by atomic mass is 9.96. The summed E-state index contributed by atoms with van der Waals surface area (Å²) in [6.07, 6.45) is 3.64. The van der Waals surface area contributed by atoms with E-state index in [0.29, 0.717) is 38.9 Å². The third-order valence-corrected chi connectivity index (χ3v) is 9.94. The number of benzene rings is 4. The van der Waals surface area contributed by atoms with E-state index in [1.807, 2.05) is 12.1 Å². The minimum Gasteiger partial charge on any atom is -0.426 e. The molecule has 4 aromatic carbocycles. The summed E-state index contributed by atoms with van der Waals surface area (Å²) in [5.74, 6) is 0.498. The van der Waals surface area contributed by atoms with E-state index in [1.54, 1.807) is 116 Å². The van der Waals surface area contributed by atoms with Crippen molar-refractivity contribution < 1.29 is 19.1 Å². The van der Waals surface area contributed by atoms with E-state index in [1.165, 1.54) is 0 Å². The van der Waals surface area contributed by atoms with Crippen LogP contribution in [0.2, 0.25) is 15.1 Å². The first-order chi connectivity index (χ1) is 28.7. The molecular formula is C42H33Cl3N10O4. The van der Waals surface area contributed by atoms with E-state index in [-0.39, 0.29) is 52.2 Å². The highest BCUT2D eigenvalue weighted by atomic mass is 35.5. The minimum absolute atomic E-state index is 0.00186. The zero-order valence-electron chi connectivity index (χ0n) is 31.2. The number of anilines is 2. The van der Waals surface area contributed by atoms with E-state index in [2.05, 4.69) is 40.7 Å². The zero-order valence-corrected chi connectivity index (χ0v) is 33.4. The average molecular weight is 848 g/mol. The van der Waals surface area contributed by atoms with Gasteiger partial charge in [0.1, 0.15) is 23.1 Å². The number of para-hydroxylation sites is 1. The molecule has 17 heteroatoms. The fourth-order valence-electron chi connectivity index (χ4n) is 6.13. The van der Waals surface area contributed by atoms with Crippen molar-refractivity contribution in [2.24, 2.45) is 10.2 Å². The number of aromatic nitrogens is 2. The quantitative estimate of drug-likeness (QED) is 0.0315. The molecule has 6 aromatic rings. The molecule has 2 atom stereocenters. The van der Waals surface area contributed by atoms with Gasteiger partial charge in [0, 0.05) is 51.2 Å². The predicted molar refractivity (Wildman–Crippen MR) is 228 cm³/mol. The SMILES string of the molecule is CCC(=O)Oc1ccc(Cl)cc1C(Nc1cc(CCC(=O)Oc2ccccc2C(Nc2ccccn2)c2cccc(N=[N+]=[N-])c2Cl)ccn1)c1cccc(N=[N+]=[N-])c1Cl. The van der Waals surface area contributed by atoms with Gasteiger partial charge in [0.25, 0.3) is 0 Å². The molecule has 0 saturated heterocycles. The van der Waals surface area contributed by atoms with Gasteiger partial charge < -0.3 is 20.1 Å². The molecule has 2 unspecified atom stereocenters. The van der Waals surface area contributed by atoms with Gasteiger partial charge in [-0.15, -0.1) is 0 Å². The van der Waals surface area contributed by atoms with E-state index >= 15 is 0 Å². The van der Waals surface area contributed by atoms with Crippen LogP contribution in [0.25, 0.3) is 20.9 Å². The van der Waals surface area contributed by atoms with Crippen molar-refractivity contribution in [1.82, 2.24) is 9.97 Å². The number of halogens is 3. The fourth-order valence-corrected chi connectivity index (χ4v) is 6.86. The maximum Gasteiger partial charge on any atom is 0.311 e. The second kappa shape index (κ2) is 20.1. The molecule has 0 saturated carbocycles. The number of hydrogen-bond acceptors (Lipinski definition) is 10. The number of esters is 2. The highest BCUT2D eigenvalue weighted by molar-refractivity contribution is 6.34. The van der Waals surface area contributed by atoms with Crippen molar-refractivity contribution in [2.75, 3.05) is 10.6 Å². The standard InChI is InChI=1S/C42H33Cl3N10O4/c1-2-37(56)58-34-18-17-26(43)24-30(34)42(29-11-8-13-32(40(29)45)53-55-47)51-36-23-25(20-22-49-36)16-19-38(57)59-33-14-4-3-9-27(33)41(50-35-15-5-6-21-48-35)28-10-7-12-31(39(28)44)52-54-46/h3-15,17-18,20-24,41-42H,2,16,19H2,1H3,(H,48,50)(H,49,51). The van der Waals surface area contributed by atoms with Crippen LogP contribution in [0.15, 0.2) is 132 Å². The Labute approximate surface area is 353 Å². The molecule has 0 aliphatic rings. The Bertz CT molecular complexity index is 2580. The van der Waals surface area contributed by atoms with Crippen LogP contribution in [-0.4, -0.2) is 21.9 Å². The molecule has 0 amide bonds. The predicted octanol–water partition coefficient (Wildman–Crippen LogP) is 12.6. The smallest absolute Gasteiger partial charge is 0.311 e. The second-order valence-electron chi connectivity index (χ2n) is 12.7. The number of aryl methyl sites for hydroxylation is 1. The molecule has 2 aromatic heterocycles. The van der Waals surface area contributed by atoms with Gasteiger partial charge in [-0.3, -0.25) is 9.59 Å². The van der Waals surface area contributed by atoms with Crippen molar-refractivity contribution in [3.8, 4) is 11.5 Å². The molecule has 0 aliphatic heterocycles. The summed E-state index contributed by atoms with van der Waals surface area (Å²) in [5.41, 5.74) is 21.6. The summed E-state index contributed by atoms with van der Waals surface area (Å²) in [6, 6.07) is 29.5. The Morgan fingerprint density at radius 1 is 0.661 bits per heavy atom. The van der Waals surface area contributed by atoms with Crippen LogP contribution in [0, 0.1) is 0 Å². The topological polar surface area (TPSA) is 200 Å². The van der Waals surface area contributed by atoms with Crippen molar-refractivity contribution >= 4 is 69.8 Å². The number of hydrogen-bond donors (Lipinski definition) is 2. The molecular weight excluding hydrogens is 815 g/mol. The number of carbonyl (C=O) groups is 2. The molecule has 0 spiro atoms. The monoisotopic (exact) mass is 846 g/mol. The summed E-state index contributed by atoms with van der Waals surface area (Å²) in [4.78, 5) is 40.7. The molecule has 296 valence electrons. The van der Waals surface area contributed by atoms with Gasteiger partial charge in [0.2, 0.25) is 0 Å². The highest BCUT2D eigenvalue weighted by Gasteiger charge is 2.26. The minimum atomic E-state index is -0.799. The molecule has 0 fully saturated rings. The first-order valence-corrected chi connectivity index (χ1v) is 19.2. The number of rotatable bonds is 16. The number of pyridine rings is 2. The Kier molecular flexibility index (Phi) is 14.2. The lowest BCUT2D eigenvalue weighted by Crippen LogP contribution is -2.17. The second-order valence-corrected chi connectivity index (χ2v) is 13.9. The first-order valence-electron chi connectivity index (χ1n) is 18.0. The number of nitrogens with zero attached hydrogens (tertiary/aromatic N) is 8. The maximum absolute atomic E-state index is 13.5. The van der Waals surface area contributed by atoms with Gasteiger partial charge >= 0.3 is 11.9 Å². The van der Waals surface area contributed by atoms with Gasteiger partial charge in [-0.05, 0) is 82.7 Å². The number of azide groups is 2. The van der Waals surface area contributed by atoms with Crippen LogP contribution in [-0.2, 0) is 16.0 Å². The van der Waals surface area contributed by atoms with Crippen molar-refractivity contribution in [3.05, 3.63) is 185 Å². The van der Waals surface area contributed by atoms with Crippen LogP contribution in [0.1, 0.15) is 59.7 Å². The van der Waals surface area contributed by atoms with Crippen LogP contribution in [0.4, 0.5) is 23.0 Å². The lowest BCUT2D eigenvalue weighted by Gasteiger charge is -2.24. The van der Waals surface area contributed by atoms with E-state index in [9.17, 15) is 9.59 Å². The summed E-state index contributed by atoms with van der Waals surface area (Å²) < 4.78 is 11.7. The van der Waals surface area contributed by atoms with E-state index < -0.39 is 24.0 Å². The molecule has 2 N–H and O–H groups in total. The Balaban J connectivity index is 1.26. The molecule has 0 radical (unpaired) electrons.